The molecule has 0 bridgehead atoms. The van der Waals surface area contributed by atoms with E-state index in [1.54, 1.807) is 6.66 Å². The van der Waals surface area contributed by atoms with Crippen LogP contribution in [-0.2, 0) is 9.09 Å². The van der Waals surface area contributed by atoms with E-state index in [0.717, 1.165) is 0 Å². The first-order valence-corrected chi connectivity index (χ1v) is 6.27. The highest BCUT2D eigenvalue weighted by atomic mass is 31.2. The van der Waals surface area contributed by atoms with Crippen molar-refractivity contribution in [1.29, 1.82) is 0 Å². The third-order valence-electron chi connectivity index (χ3n) is 2.09. The summed E-state index contributed by atoms with van der Waals surface area (Å²) in [5, 5.41) is 0. The van der Waals surface area contributed by atoms with E-state index < -0.39 is 7.37 Å². The zero-order valence-corrected chi connectivity index (χ0v) is 9.02. The van der Waals surface area contributed by atoms with Gasteiger partial charge in [-0.2, -0.15) is 0 Å². The van der Waals surface area contributed by atoms with Gasteiger partial charge < -0.3 is 4.52 Å². The van der Waals surface area contributed by atoms with Crippen molar-refractivity contribution < 1.29 is 9.09 Å². The van der Waals surface area contributed by atoms with Gasteiger partial charge in [0.1, 0.15) is 0 Å². The summed E-state index contributed by atoms with van der Waals surface area (Å²) in [6.45, 7) is 10.3. The standard InChI is InChI=1S/C8H19O2P/c1-6-10-11(5,9)8(4)7(2)3/h7-8H,6H2,1-5H3. The van der Waals surface area contributed by atoms with E-state index in [4.69, 9.17) is 4.52 Å². The molecule has 0 heterocycles. The molecule has 2 unspecified atom stereocenters. The van der Waals surface area contributed by atoms with Gasteiger partial charge in [-0.15, -0.1) is 0 Å². The van der Waals surface area contributed by atoms with Gasteiger partial charge in [-0.25, -0.2) is 0 Å². The Balaban J connectivity index is 4.18. The monoisotopic (exact) mass is 178 g/mol. The summed E-state index contributed by atoms with van der Waals surface area (Å²) < 4.78 is 16.9. The van der Waals surface area contributed by atoms with E-state index in [9.17, 15) is 4.57 Å². The molecular formula is C8H19O2P. The number of rotatable bonds is 4. The SMILES string of the molecule is CCOP(C)(=O)C(C)C(C)C. The quantitative estimate of drug-likeness (QED) is 0.618. The maximum atomic E-state index is 11.7. The molecule has 0 radical (unpaired) electrons. The minimum atomic E-state index is -2.34. The first-order valence-electron chi connectivity index (χ1n) is 4.13. The second-order valence-corrected chi connectivity index (χ2v) is 6.20. The third kappa shape index (κ3) is 3.39. The summed E-state index contributed by atoms with van der Waals surface area (Å²) in [6.07, 6.45) is 0. The zero-order valence-electron chi connectivity index (χ0n) is 8.13. The zero-order chi connectivity index (χ0) is 9.07. The van der Waals surface area contributed by atoms with Gasteiger partial charge in [0.2, 0.25) is 7.37 Å². The molecule has 0 spiro atoms. The Morgan fingerprint density at radius 3 is 2.09 bits per heavy atom. The molecule has 0 aliphatic rings. The average molecular weight is 178 g/mol. The topological polar surface area (TPSA) is 26.3 Å². The Bertz CT molecular complexity index is 154. The highest BCUT2D eigenvalue weighted by Gasteiger charge is 2.26. The molecule has 0 N–H and O–H groups in total. The molecule has 11 heavy (non-hydrogen) atoms. The first kappa shape index (κ1) is 11.2. The van der Waals surface area contributed by atoms with Gasteiger partial charge in [0.15, 0.2) is 0 Å². The van der Waals surface area contributed by atoms with E-state index in [1.807, 2.05) is 13.8 Å². The van der Waals surface area contributed by atoms with Crippen LogP contribution in [0, 0.1) is 5.92 Å². The normalized spacial score (nSPS) is 19.8. The van der Waals surface area contributed by atoms with Crippen molar-refractivity contribution in [2.75, 3.05) is 13.3 Å². The molecule has 0 aliphatic heterocycles. The molecule has 2 nitrogen and oxygen atoms in total. The summed E-state index contributed by atoms with van der Waals surface area (Å²) >= 11 is 0. The van der Waals surface area contributed by atoms with Crippen molar-refractivity contribution in [3.05, 3.63) is 0 Å². The molecule has 0 aromatic heterocycles. The van der Waals surface area contributed by atoms with Crippen molar-refractivity contribution >= 4 is 7.37 Å². The molecule has 0 aromatic rings. The van der Waals surface area contributed by atoms with Crippen LogP contribution in [0.4, 0.5) is 0 Å². The number of hydrogen-bond acceptors (Lipinski definition) is 2. The largest absolute Gasteiger partial charge is 0.329 e. The van der Waals surface area contributed by atoms with Crippen molar-refractivity contribution in [2.24, 2.45) is 5.92 Å². The molecule has 0 aromatic carbocycles. The van der Waals surface area contributed by atoms with Crippen molar-refractivity contribution in [2.45, 2.75) is 33.4 Å². The van der Waals surface area contributed by atoms with Gasteiger partial charge in [-0.05, 0) is 12.8 Å². The van der Waals surface area contributed by atoms with Crippen molar-refractivity contribution in [3.8, 4) is 0 Å². The average Bonchev–Trinajstić information content (AvgIpc) is 1.86. The summed E-state index contributed by atoms with van der Waals surface area (Å²) in [5.74, 6) is 0.428. The van der Waals surface area contributed by atoms with Crippen LogP contribution >= 0.6 is 7.37 Å². The molecular weight excluding hydrogens is 159 g/mol. The summed E-state index contributed by atoms with van der Waals surface area (Å²) in [5.41, 5.74) is 0.169. The molecule has 0 fully saturated rings. The first-order chi connectivity index (χ1) is 4.91. The smallest absolute Gasteiger partial charge is 0.203 e. The Kier molecular flexibility index (Phi) is 4.35. The van der Waals surface area contributed by atoms with Crippen LogP contribution in [0.2, 0.25) is 0 Å². The summed E-state index contributed by atoms with van der Waals surface area (Å²) in [7, 11) is -2.34. The maximum absolute atomic E-state index is 11.7. The highest BCUT2D eigenvalue weighted by Crippen LogP contribution is 2.50. The third-order valence-corrected chi connectivity index (χ3v) is 4.94. The van der Waals surface area contributed by atoms with E-state index in [1.165, 1.54) is 0 Å². The fraction of sp³-hybridized carbons (Fsp3) is 1.00. The Morgan fingerprint density at radius 2 is 1.82 bits per heavy atom. The lowest BCUT2D eigenvalue weighted by molar-refractivity contribution is 0.324. The predicted molar refractivity (Wildman–Crippen MR) is 49.5 cm³/mol. The lowest BCUT2D eigenvalue weighted by Gasteiger charge is -2.23. The summed E-state index contributed by atoms with van der Waals surface area (Å²) in [4.78, 5) is 0. The van der Waals surface area contributed by atoms with Crippen molar-refractivity contribution in [3.63, 3.8) is 0 Å². The lowest BCUT2D eigenvalue weighted by Crippen LogP contribution is -2.12. The van der Waals surface area contributed by atoms with Crippen molar-refractivity contribution in [1.82, 2.24) is 0 Å². The Hall–Kier alpha value is 0.190. The fourth-order valence-corrected chi connectivity index (χ4v) is 2.75. The van der Waals surface area contributed by atoms with Gasteiger partial charge in [-0.3, -0.25) is 4.57 Å². The van der Waals surface area contributed by atoms with Gasteiger partial charge in [0, 0.05) is 12.3 Å². The molecule has 0 rings (SSSR count). The van der Waals surface area contributed by atoms with Gasteiger partial charge in [0.05, 0.1) is 6.61 Å². The van der Waals surface area contributed by atoms with Crippen LogP contribution < -0.4 is 0 Å². The lowest BCUT2D eigenvalue weighted by atomic mass is 10.2. The van der Waals surface area contributed by atoms with Gasteiger partial charge in [-0.1, -0.05) is 20.8 Å². The second-order valence-electron chi connectivity index (χ2n) is 3.31. The summed E-state index contributed by atoms with van der Waals surface area (Å²) in [6, 6.07) is 0. The van der Waals surface area contributed by atoms with Crippen LogP contribution in [0.5, 0.6) is 0 Å². The molecule has 0 amide bonds. The fourth-order valence-electron chi connectivity index (χ4n) is 0.915. The van der Waals surface area contributed by atoms with Crippen LogP contribution in [0.1, 0.15) is 27.7 Å². The minimum absolute atomic E-state index is 0.169. The number of hydrogen-bond donors (Lipinski definition) is 0. The molecule has 68 valence electrons. The Labute approximate surface area is 69.8 Å². The molecule has 3 heteroatoms. The van der Waals surface area contributed by atoms with Crippen LogP contribution in [0.3, 0.4) is 0 Å². The van der Waals surface area contributed by atoms with Crippen LogP contribution in [0.15, 0.2) is 0 Å². The second kappa shape index (κ2) is 4.27. The van der Waals surface area contributed by atoms with E-state index in [0.29, 0.717) is 12.5 Å². The molecule has 2 atom stereocenters. The van der Waals surface area contributed by atoms with Crippen LogP contribution in [-0.4, -0.2) is 18.9 Å². The van der Waals surface area contributed by atoms with E-state index in [2.05, 4.69) is 13.8 Å². The highest BCUT2D eigenvalue weighted by molar-refractivity contribution is 7.58. The Morgan fingerprint density at radius 1 is 1.36 bits per heavy atom. The predicted octanol–water partition coefficient (Wildman–Crippen LogP) is 2.98. The van der Waals surface area contributed by atoms with E-state index >= 15 is 0 Å². The van der Waals surface area contributed by atoms with Crippen LogP contribution in [0.25, 0.3) is 0 Å². The molecule has 0 saturated heterocycles. The maximum Gasteiger partial charge on any atom is 0.203 e. The van der Waals surface area contributed by atoms with E-state index in [-0.39, 0.29) is 5.66 Å². The minimum Gasteiger partial charge on any atom is -0.329 e. The van der Waals surface area contributed by atoms with Gasteiger partial charge in [0.25, 0.3) is 0 Å². The van der Waals surface area contributed by atoms with Gasteiger partial charge >= 0.3 is 0 Å². The molecule has 0 saturated carbocycles. The molecule has 0 aliphatic carbocycles.